The van der Waals surface area contributed by atoms with Gasteiger partial charge >= 0.3 is 0 Å². The summed E-state index contributed by atoms with van der Waals surface area (Å²) in [6.07, 6.45) is 6.12. The molecular weight excluding hydrogens is 212 g/mol. The fourth-order valence-corrected chi connectivity index (χ4v) is 1.87. The Morgan fingerprint density at radius 1 is 1.41 bits per heavy atom. The number of aromatic amines is 1. The molecule has 17 heavy (non-hydrogen) atoms. The molecule has 0 aliphatic rings. The van der Waals surface area contributed by atoms with E-state index in [1.54, 1.807) is 6.08 Å². The Balaban J connectivity index is 1.97. The van der Waals surface area contributed by atoms with Crippen molar-refractivity contribution in [2.24, 2.45) is 0 Å². The third-order valence-electron chi connectivity index (χ3n) is 2.69. The van der Waals surface area contributed by atoms with Crippen LogP contribution in [0.15, 0.2) is 42.6 Å². The number of rotatable bonds is 4. The number of aromatic nitrogens is 1. The number of hydrogen-bond acceptors (Lipinski definition) is 1. The molecule has 3 nitrogen and oxygen atoms in total. The summed E-state index contributed by atoms with van der Waals surface area (Å²) in [5.41, 5.74) is 2.38. The molecule has 0 atom stereocenters. The van der Waals surface area contributed by atoms with Crippen molar-refractivity contribution in [3.63, 3.8) is 0 Å². The first-order valence-electron chi connectivity index (χ1n) is 5.77. The van der Waals surface area contributed by atoms with E-state index in [9.17, 15) is 4.79 Å². The molecule has 0 radical (unpaired) electrons. The number of allylic oxidation sites excluding steroid dienone is 1. The highest BCUT2D eigenvalue weighted by molar-refractivity contribution is 5.87. The second kappa shape index (κ2) is 5.34. The quantitative estimate of drug-likeness (QED) is 0.775. The van der Waals surface area contributed by atoms with Gasteiger partial charge in [0.25, 0.3) is 0 Å². The Hall–Kier alpha value is -2.03. The number of carbonyl (C=O) groups is 1. The van der Waals surface area contributed by atoms with Gasteiger partial charge in [-0.05, 0) is 31.1 Å². The number of para-hydroxylation sites is 1. The van der Waals surface area contributed by atoms with Gasteiger partial charge in [0, 0.05) is 23.6 Å². The van der Waals surface area contributed by atoms with Crippen LogP contribution in [0.3, 0.4) is 0 Å². The maximum atomic E-state index is 11.2. The van der Waals surface area contributed by atoms with Crippen molar-refractivity contribution >= 4 is 16.8 Å². The second-order valence-electron chi connectivity index (χ2n) is 3.90. The summed E-state index contributed by atoms with van der Waals surface area (Å²) in [5, 5.41) is 4.08. The van der Waals surface area contributed by atoms with Gasteiger partial charge < -0.3 is 10.3 Å². The van der Waals surface area contributed by atoms with Gasteiger partial charge in [0.2, 0.25) is 5.91 Å². The molecule has 0 aliphatic heterocycles. The van der Waals surface area contributed by atoms with Crippen LogP contribution in [0.25, 0.3) is 10.9 Å². The zero-order valence-electron chi connectivity index (χ0n) is 9.86. The van der Waals surface area contributed by atoms with E-state index in [0.717, 1.165) is 11.9 Å². The lowest BCUT2D eigenvalue weighted by atomic mass is 10.1. The number of nitrogens with one attached hydrogen (secondary N) is 2. The van der Waals surface area contributed by atoms with Gasteiger partial charge in [0.1, 0.15) is 0 Å². The monoisotopic (exact) mass is 228 g/mol. The molecule has 88 valence electrons. The molecule has 1 aromatic carbocycles. The molecule has 1 amide bonds. The average molecular weight is 228 g/mol. The summed E-state index contributed by atoms with van der Waals surface area (Å²) in [6, 6.07) is 8.18. The van der Waals surface area contributed by atoms with Gasteiger partial charge in [-0.25, -0.2) is 0 Å². The molecule has 1 aromatic heterocycles. The van der Waals surface area contributed by atoms with E-state index in [0.29, 0.717) is 6.54 Å². The number of carbonyl (C=O) groups excluding carboxylic acids is 1. The summed E-state index contributed by atoms with van der Waals surface area (Å²) in [7, 11) is 0. The molecule has 1 heterocycles. The molecule has 0 aliphatic carbocycles. The summed E-state index contributed by atoms with van der Waals surface area (Å²) < 4.78 is 0. The van der Waals surface area contributed by atoms with Crippen molar-refractivity contribution in [2.75, 3.05) is 6.54 Å². The van der Waals surface area contributed by atoms with Crippen LogP contribution < -0.4 is 5.32 Å². The Labute approximate surface area is 101 Å². The van der Waals surface area contributed by atoms with Crippen LogP contribution in [0, 0.1) is 0 Å². The lowest BCUT2D eigenvalue weighted by Gasteiger charge is -2.01. The van der Waals surface area contributed by atoms with E-state index in [-0.39, 0.29) is 5.91 Å². The van der Waals surface area contributed by atoms with Crippen molar-refractivity contribution in [3.8, 4) is 0 Å². The van der Waals surface area contributed by atoms with E-state index >= 15 is 0 Å². The first kappa shape index (κ1) is 11.5. The lowest BCUT2D eigenvalue weighted by Crippen LogP contribution is -2.23. The molecule has 2 rings (SSSR count). The topological polar surface area (TPSA) is 44.9 Å². The molecule has 0 saturated heterocycles. The molecule has 0 unspecified atom stereocenters. The first-order valence-corrected chi connectivity index (χ1v) is 5.77. The average Bonchev–Trinajstić information content (AvgIpc) is 2.73. The van der Waals surface area contributed by atoms with Gasteiger partial charge in [-0.2, -0.15) is 0 Å². The summed E-state index contributed by atoms with van der Waals surface area (Å²) in [6.45, 7) is 2.49. The van der Waals surface area contributed by atoms with Crippen LogP contribution >= 0.6 is 0 Å². The highest BCUT2D eigenvalue weighted by Gasteiger charge is 2.02. The fraction of sp³-hybridized carbons (Fsp3) is 0.214. The van der Waals surface area contributed by atoms with E-state index in [1.165, 1.54) is 17.0 Å². The Bertz CT molecular complexity index is 540. The number of H-pyrrole nitrogens is 1. The SMILES string of the molecule is C/C=C\C(=O)NCCc1c[nH]c2ccccc12. The van der Waals surface area contributed by atoms with Crippen molar-refractivity contribution in [1.82, 2.24) is 10.3 Å². The van der Waals surface area contributed by atoms with Crippen LogP contribution in [0.5, 0.6) is 0 Å². The Kier molecular flexibility index (Phi) is 3.60. The third-order valence-corrected chi connectivity index (χ3v) is 2.69. The predicted molar refractivity (Wildman–Crippen MR) is 69.8 cm³/mol. The molecular formula is C14H16N2O. The van der Waals surface area contributed by atoms with E-state index in [2.05, 4.69) is 22.4 Å². The molecule has 0 spiro atoms. The maximum Gasteiger partial charge on any atom is 0.243 e. The van der Waals surface area contributed by atoms with E-state index < -0.39 is 0 Å². The highest BCUT2D eigenvalue weighted by Crippen LogP contribution is 2.17. The van der Waals surface area contributed by atoms with Gasteiger partial charge in [0.15, 0.2) is 0 Å². The van der Waals surface area contributed by atoms with Gasteiger partial charge in [0.05, 0.1) is 0 Å². The summed E-state index contributed by atoms with van der Waals surface area (Å²) in [4.78, 5) is 14.5. The van der Waals surface area contributed by atoms with Crippen molar-refractivity contribution in [2.45, 2.75) is 13.3 Å². The molecule has 0 saturated carbocycles. The normalized spacial score (nSPS) is 11.1. The number of fused-ring (bicyclic) bond motifs is 1. The lowest BCUT2D eigenvalue weighted by molar-refractivity contribution is -0.116. The molecule has 2 aromatic rings. The van der Waals surface area contributed by atoms with Crippen molar-refractivity contribution in [1.29, 1.82) is 0 Å². The number of hydrogen-bond donors (Lipinski definition) is 2. The molecule has 0 bridgehead atoms. The molecule has 3 heteroatoms. The minimum atomic E-state index is -0.0349. The van der Waals surface area contributed by atoms with Gasteiger partial charge in [-0.3, -0.25) is 4.79 Å². The molecule has 0 fully saturated rings. The Morgan fingerprint density at radius 3 is 3.06 bits per heavy atom. The molecule has 2 N–H and O–H groups in total. The number of benzene rings is 1. The van der Waals surface area contributed by atoms with Gasteiger partial charge in [-0.1, -0.05) is 24.3 Å². The third kappa shape index (κ3) is 2.75. The predicted octanol–water partition coefficient (Wildman–Crippen LogP) is 2.40. The summed E-state index contributed by atoms with van der Waals surface area (Å²) in [5.74, 6) is -0.0349. The summed E-state index contributed by atoms with van der Waals surface area (Å²) >= 11 is 0. The highest BCUT2D eigenvalue weighted by atomic mass is 16.1. The number of amides is 1. The van der Waals surface area contributed by atoms with Crippen LogP contribution in [-0.2, 0) is 11.2 Å². The Morgan fingerprint density at radius 2 is 2.24 bits per heavy atom. The van der Waals surface area contributed by atoms with Crippen molar-refractivity contribution in [3.05, 3.63) is 48.2 Å². The zero-order valence-corrected chi connectivity index (χ0v) is 9.86. The van der Waals surface area contributed by atoms with E-state index in [4.69, 9.17) is 0 Å². The van der Waals surface area contributed by atoms with Gasteiger partial charge in [-0.15, -0.1) is 0 Å². The smallest absolute Gasteiger partial charge is 0.243 e. The standard InChI is InChI=1S/C14H16N2O/c1-2-5-14(17)15-9-8-11-10-16-13-7-4-3-6-12(11)13/h2-7,10,16H,8-9H2,1H3,(H,15,17)/b5-2-. The van der Waals surface area contributed by atoms with Crippen LogP contribution in [0.4, 0.5) is 0 Å². The second-order valence-corrected chi connectivity index (χ2v) is 3.90. The minimum absolute atomic E-state index is 0.0349. The largest absolute Gasteiger partial charge is 0.361 e. The van der Waals surface area contributed by atoms with Crippen LogP contribution in [-0.4, -0.2) is 17.4 Å². The van der Waals surface area contributed by atoms with Crippen LogP contribution in [0.1, 0.15) is 12.5 Å². The minimum Gasteiger partial charge on any atom is -0.361 e. The fourth-order valence-electron chi connectivity index (χ4n) is 1.87. The van der Waals surface area contributed by atoms with Crippen molar-refractivity contribution < 1.29 is 4.79 Å². The van der Waals surface area contributed by atoms with Crippen LogP contribution in [0.2, 0.25) is 0 Å². The van der Waals surface area contributed by atoms with E-state index in [1.807, 2.05) is 25.3 Å². The zero-order chi connectivity index (χ0) is 12.1. The maximum absolute atomic E-state index is 11.2. The first-order chi connectivity index (χ1) is 8.31.